The molecule has 1 aromatic heterocycles. The van der Waals surface area contributed by atoms with Crippen molar-refractivity contribution < 1.29 is 19.1 Å². The van der Waals surface area contributed by atoms with E-state index in [1.807, 2.05) is 67.3 Å². The number of hydrogen-bond donors (Lipinski definition) is 0. The largest absolute Gasteiger partial charge is 0.491 e. The number of aryl methyl sites for hydroxylation is 2. The van der Waals surface area contributed by atoms with Gasteiger partial charge in [-0.15, -0.1) is 11.3 Å². The highest BCUT2D eigenvalue weighted by atomic mass is 32.1. The van der Waals surface area contributed by atoms with Gasteiger partial charge >= 0.3 is 0 Å². The fraction of sp³-hybridized carbons (Fsp3) is 0.379. The van der Waals surface area contributed by atoms with Crippen molar-refractivity contribution in [3.63, 3.8) is 0 Å². The molecular weight excluding hydrogens is 472 g/mol. The molecule has 2 heterocycles. The lowest BCUT2D eigenvalue weighted by molar-refractivity contribution is -0.135. The minimum Gasteiger partial charge on any atom is -0.491 e. The summed E-state index contributed by atoms with van der Waals surface area (Å²) in [4.78, 5) is 31.8. The fourth-order valence-corrected chi connectivity index (χ4v) is 5.40. The van der Waals surface area contributed by atoms with Crippen molar-refractivity contribution in [2.75, 3.05) is 40.0 Å². The number of fused-ring (bicyclic) bond motifs is 1. The molecule has 1 unspecified atom stereocenters. The van der Waals surface area contributed by atoms with Gasteiger partial charge in [-0.2, -0.15) is 0 Å². The number of methoxy groups -OCH3 is 1. The van der Waals surface area contributed by atoms with Gasteiger partial charge in [-0.25, -0.2) is 0 Å². The van der Waals surface area contributed by atoms with Gasteiger partial charge in [0.2, 0.25) is 5.91 Å². The second kappa shape index (κ2) is 12.2. The molecule has 0 fully saturated rings. The first-order valence-electron chi connectivity index (χ1n) is 12.4. The standard InChI is InChI=1S/C29H34N2O4S/c1-21-5-9-23(10-6-21)29(33)30(15-4-17-34-3)19-28(32)31-16-13-27-25(14-18-36-27)26(31)20-35-24-11-7-22(2)8-12-24/h5-12,14,18,26H,4,13,15-17,19-20H2,1-3H3. The lowest BCUT2D eigenvalue weighted by atomic mass is 10.00. The summed E-state index contributed by atoms with van der Waals surface area (Å²) in [6, 6.07) is 17.3. The van der Waals surface area contributed by atoms with E-state index >= 15 is 0 Å². The smallest absolute Gasteiger partial charge is 0.254 e. The second-order valence-electron chi connectivity index (χ2n) is 9.22. The number of nitrogens with zero attached hydrogens (tertiary/aromatic N) is 2. The third kappa shape index (κ3) is 6.33. The molecule has 6 nitrogen and oxygen atoms in total. The Morgan fingerprint density at radius 3 is 2.42 bits per heavy atom. The fourth-order valence-electron chi connectivity index (χ4n) is 4.47. The maximum atomic E-state index is 13.7. The Hall–Kier alpha value is -3.16. The van der Waals surface area contributed by atoms with E-state index in [0.717, 1.165) is 23.3 Å². The summed E-state index contributed by atoms with van der Waals surface area (Å²) in [7, 11) is 1.64. The Morgan fingerprint density at radius 2 is 1.72 bits per heavy atom. The number of hydrogen-bond acceptors (Lipinski definition) is 5. The average molecular weight is 507 g/mol. The molecule has 2 aromatic carbocycles. The SMILES string of the molecule is COCCCN(CC(=O)N1CCc2sccc2C1COc1ccc(C)cc1)C(=O)c1ccc(C)cc1. The van der Waals surface area contributed by atoms with E-state index in [4.69, 9.17) is 9.47 Å². The Morgan fingerprint density at radius 1 is 1.03 bits per heavy atom. The van der Waals surface area contributed by atoms with Crippen LogP contribution in [0.3, 0.4) is 0 Å². The van der Waals surface area contributed by atoms with E-state index in [1.54, 1.807) is 23.3 Å². The Labute approximate surface area is 217 Å². The highest BCUT2D eigenvalue weighted by Crippen LogP contribution is 2.34. The molecule has 4 rings (SSSR count). The van der Waals surface area contributed by atoms with Crippen LogP contribution in [0.4, 0.5) is 0 Å². The van der Waals surface area contributed by atoms with Crippen LogP contribution in [0.2, 0.25) is 0 Å². The van der Waals surface area contributed by atoms with Crippen LogP contribution in [0.5, 0.6) is 5.75 Å². The Balaban J connectivity index is 1.51. The van der Waals surface area contributed by atoms with Gasteiger partial charge in [0, 0.05) is 37.2 Å². The van der Waals surface area contributed by atoms with E-state index in [9.17, 15) is 9.59 Å². The molecule has 1 atom stereocenters. The summed E-state index contributed by atoms with van der Waals surface area (Å²) in [6.45, 7) is 6.01. The molecule has 190 valence electrons. The summed E-state index contributed by atoms with van der Waals surface area (Å²) >= 11 is 1.73. The quantitative estimate of drug-likeness (QED) is 0.361. The maximum Gasteiger partial charge on any atom is 0.254 e. The zero-order chi connectivity index (χ0) is 25.5. The Bertz CT molecular complexity index is 1160. The summed E-state index contributed by atoms with van der Waals surface area (Å²) < 4.78 is 11.3. The third-order valence-corrected chi connectivity index (χ3v) is 7.53. The summed E-state index contributed by atoms with van der Waals surface area (Å²) in [5.74, 6) is 0.577. The molecule has 0 aliphatic carbocycles. The number of carbonyl (C=O) groups excluding carboxylic acids is 2. The maximum absolute atomic E-state index is 13.7. The monoisotopic (exact) mass is 506 g/mol. The third-order valence-electron chi connectivity index (χ3n) is 6.53. The molecule has 36 heavy (non-hydrogen) atoms. The van der Waals surface area contributed by atoms with E-state index < -0.39 is 0 Å². The lowest BCUT2D eigenvalue weighted by Gasteiger charge is -2.37. The van der Waals surface area contributed by atoms with E-state index in [1.165, 1.54) is 10.4 Å². The molecular formula is C29H34N2O4S. The molecule has 2 amide bonds. The van der Waals surface area contributed by atoms with Gasteiger partial charge in [0.05, 0.1) is 6.04 Å². The van der Waals surface area contributed by atoms with Gasteiger partial charge in [-0.1, -0.05) is 35.4 Å². The molecule has 3 aromatic rings. The van der Waals surface area contributed by atoms with Crippen molar-refractivity contribution in [1.29, 1.82) is 0 Å². The van der Waals surface area contributed by atoms with Crippen LogP contribution in [0.15, 0.2) is 60.0 Å². The van der Waals surface area contributed by atoms with Crippen molar-refractivity contribution >= 4 is 23.2 Å². The van der Waals surface area contributed by atoms with Crippen LogP contribution >= 0.6 is 11.3 Å². The zero-order valence-electron chi connectivity index (χ0n) is 21.2. The van der Waals surface area contributed by atoms with Crippen molar-refractivity contribution in [2.45, 2.75) is 32.7 Å². The van der Waals surface area contributed by atoms with Gasteiger partial charge in [0.15, 0.2) is 0 Å². The topological polar surface area (TPSA) is 59.1 Å². The van der Waals surface area contributed by atoms with Gasteiger partial charge in [0.1, 0.15) is 18.9 Å². The average Bonchev–Trinajstić information content (AvgIpc) is 3.37. The summed E-state index contributed by atoms with van der Waals surface area (Å²) in [6.07, 6.45) is 1.48. The van der Waals surface area contributed by atoms with E-state index in [2.05, 4.69) is 11.4 Å². The number of benzene rings is 2. The van der Waals surface area contributed by atoms with Crippen molar-refractivity contribution in [3.8, 4) is 5.75 Å². The molecule has 1 aliphatic heterocycles. The van der Waals surface area contributed by atoms with E-state index in [-0.39, 0.29) is 24.4 Å². The van der Waals surface area contributed by atoms with Gasteiger partial charge < -0.3 is 19.3 Å². The van der Waals surface area contributed by atoms with Crippen LogP contribution in [-0.4, -0.2) is 61.6 Å². The molecule has 0 bridgehead atoms. The van der Waals surface area contributed by atoms with Crippen LogP contribution in [0, 0.1) is 13.8 Å². The first kappa shape index (κ1) is 25.9. The summed E-state index contributed by atoms with van der Waals surface area (Å²) in [5, 5.41) is 2.08. The number of carbonyl (C=O) groups is 2. The van der Waals surface area contributed by atoms with Gasteiger partial charge in [0.25, 0.3) is 5.91 Å². The molecule has 7 heteroatoms. The molecule has 0 saturated heterocycles. The highest BCUT2D eigenvalue weighted by molar-refractivity contribution is 7.10. The Kier molecular flexibility index (Phi) is 8.78. The first-order chi connectivity index (χ1) is 17.5. The number of amides is 2. The number of thiophene rings is 1. The molecule has 1 aliphatic rings. The zero-order valence-corrected chi connectivity index (χ0v) is 22.1. The normalized spacial score (nSPS) is 14.9. The minimum atomic E-state index is -0.191. The van der Waals surface area contributed by atoms with Gasteiger partial charge in [-0.3, -0.25) is 9.59 Å². The summed E-state index contributed by atoms with van der Waals surface area (Å²) in [5.41, 5.74) is 3.99. The predicted octanol–water partition coefficient (Wildman–Crippen LogP) is 5.05. The molecule has 0 saturated carbocycles. The number of rotatable bonds is 10. The van der Waals surface area contributed by atoms with Crippen molar-refractivity contribution in [2.24, 2.45) is 0 Å². The van der Waals surface area contributed by atoms with Gasteiger partial charge in [-0.05, 0) is 68.0 Å². The van der Waals surface area contributed by atoms with E-state index in [0.29, 0.717) is 38.3 Å². The van der Waals surface area contributed by atoms with Crippen LogP contribution in [-0.2, 0) is 16.0 Å². The van der Waals surface area contributed by atoms with Crippen LogP contribution in [0.1, 0.15) is 44.4 Å². The van der Waals surface area contributed by atoms with Crippen LogP contribution < -0.4 is 4.74 Å². The van der Waals surface area contributed by atoms with Crippen LogP contribution in [0.25, 0.3) is 0 Å². The van der Waals surface area contributed by atoms with Crippen molar-refractivity contribution in [3.05, 3.63) is 87.1 Å². The molecule has 0 spiro atoms. The minimum absolute atomic E-state index is 0.0247. The van der Waals surface area contributed by atoms with Crippen molar-refractivity contribution in [1.82, 2.24) is 9.80 Å². The lowest BCUT2D eigenvalue weighted by Crippen LogP contribution is -2.48. The molecule has 0 radical (unpaired) electrons. The second-order valence-corrected chi connectivity index (χ2v) is 10.2. The highest BCUT2D eigenvalue weighted by Gasteiger charge is 2.33. The first-order valence-corrected chi connectivity index (χ1v) is 13.2. The molecule has 0 N–H and O–H groups in total. The predicted molar refractivity (Wildman–Crippen MR) is 143 cm³/mol. The number of ether oxygens (including phenoxy) is 2.